The van der Waals surface area contributed by atoms with E-state index in [2.05, 4.69) is 57.9 Å². The zero-order chi connectivity index (χ0) is 17.6. The van der Waals surface area contributed by atoms with Gasteiger partial charge in [0.15, 0.2) is 0 Å². The summed E-state index contributed by atoms with van der Waals surface area (Å²) in [6.45, 7) is 4.49. The maximum Gasteiger partial charge on any atom is 0.0645 e. The van der Waals surface area contributed by atoms with Crippen LogP contribution in [0, 0.1) is 0 Å². The van der Waals surface area contributed by atoms with Gasteiger partial charge in [-0.3, -0.25) is 0 Å². The SMILES string of the molecule is c1ccc(-n2cc(CNc3cccc(CCN4CCCC4)c3)cn2)cc1. The molecular weight excluding hydrogens is 320 g/mol. The molecule has 4 rings (SSSR count). The van der Waals surface area contributed by atoms with E-state index in [1.165, 1.54) is 49.3 Å². The van der Waals surface area contributed by atoms with Gasteiger partial charge >= 0.3 is 0 Å². The molecule has 1 aliphatic heterocycles. The van der Waals surface area contributed by atoms with E-state index in [9.17, 15) is 0 Å². The van der Waals surface area contributed by atoms with Crippen LogP contribution in [0.5, 0.6) is 0 Å². The van der Waals surface area contributed by atoms with Crippen LogP contribution < -0.4 is 5.32 Å². The lowest BCUT2D eigenvalue weighted by atomic mass is 10.1. The van der Waals surface area contributed by atoms with Gasteiger partial charge in [-0.05, 0) is 62.2 Å². The number of benzene rings is 2. The van der Waals surface area contributed by atoms with Gasteiger partial charge in [-0.1, -0.05) is 30.3 Å². The lowest BCUT2D eigenvalue weighted by Gasteiger charge is -2.14. The average molecular weight is 346 g/mol. The van der Waals surface area contributed by atoms with E-state index >= 15 is 0 Å². The minimum absolute atomic E-state index is 0.780. The fraction of sp³-hybridized carbons (Fsp3) is 0.318. The Labute approximate surface area is 155 Å². The first-order valence-electron chi connectivity index (χ1n) is 9.51. The first-order valence-corrected chi connectivity index (χ1v) is 9.51. The van der Waals surface area contributed by atoms with Crippen LogP contribution in [0.1, 0.15) is 24.0 Å². The van der Waals surface area contributed by atoms with Crippen molar-refractivity contribution in [3.8, 4) is 5.69 Å². The molecule has 0 bridgehead atoms. The molecule has 4 nitrogen and oxygen atoms in total. The third-order valence-electron chi connectivity index (χ3n) is 5.00. The summed E-state index contributed by atoms with van der Waals surface area (Å²) in [6.07, 6.45) is 7.86. The van der Waals surface area contributed by atoms with Gasteiger partial charge in [-0.2, -0.15) is 5.10 Å². The minimum Gasteiger partial charge on any atom is -0.381 e. The maximum absolute atomic E-state index is 4.46. The third-order valence-corrected chi connectivity index (χ3v) is 5.00. The molecule has 0 spiro atoms. The highest BCUT2D eigenvalue weighted by molar-refractivity contribution is 5.46. The third kappa shape index (κ3) is 4.33. The molecule has 134 valence electrons. The van der Waals surface area contributed by atoms with Crippen molar-refractivity contribution in [2.24, 2.45) is 0 Å². The van der Waals surface area contributed by atoms with E-state index in [-0.39, 0.29) is 0 Å². The molecule has 2 aromatic carbocycles. The second-order valence-corrected chi connectivity index (χ2v) is 6.98. The quantitative estimate of drug-likeness (QED) is 0.698. The van der Waals surface area contributed by atoms with Crippen LogP contribution in [-0.4, -0.2) is 34.3 Å². The summed E-state index contributed by atoms with van der Waals surface area (Å²) in [6, 6.07) is 19.0. The van der Waals surface area contributed by atoms with Crippen LogP contribution in [0.4, 0.5) is 5.69 Å². The molecule has 1 aliphatic rings. The topological polar surface area (TPSA) is 33.1 Å². The van der Waals surface area contributed by atoms with E-state index < -0.39 is 0 Å². The zero-order valence-electron chi connectivity index (χ0n) is 15.1. The summed E-state index contributed by atoms with van der Waals surface area (Å²) < 4.78 is 1.92. The van der Waals surface area contributed by atoms with Crippen molar-refractivity contribution in [1.82, 2.24) is 14.7 Å². The summed E-state index contributed by atoms with van der Waals surface area (Å²) in [7, 11) is 0. The van der Waals surface area contributed by atoms with Crippen LogP contribution in [0.15, 0.2) is 67.0 Å². The number of aromatic nitrogens is 2. The molecule has 0 aliphatic carbocycles. The summed E-state index contributed by atoms with van der Waals surface area (Å²) in [5, 5.41) is 7.99. The van der Waals surface area contributed by atoms with Crippen LogP contribution in [0.25, 0.3) is 5.69 Å². The summed E-state index contributed by atoms with van der Waals surface area (Å²) in [5.74, 6) is 0. The number of likely N-dealkylation sites (tertiary alicyclic amines) is 1. The summed E-state index contributed by atoms with van der Waals surface area (Å²) in [5.41, 5.74) is 4.84. The average Bonchev–Trinajstić information content (AvgIpc) is 3.38. The molecule has 3 aromatic rings. The van der Waals surface area contributed by atoms with Crippen LogP contribution in [0.2, 0.25) is 0 Å². The summed E-state index contributed by atoms with van der Waals surface area (Å²) in [4.78, 5) is 2.57. The fourth-order valence-electron chi connectivity index (χ4n) is 3.51. The first-order chi connectivity index (χ1) is 12.9. The van der Waals surface area contributed by atoms with E-state index in [1.54, 1.807) is 0 Å². The Kier molecular flexibility index (Phi) is 5.31. The van der Waals surface area contributed by atoms with Crippen molar-refractivity contribution in [1.29, 1.82) is 0 Å². The minimum atomic E-state index is 0.780. The molecule has 0 saturated carbocycles. The normalized spacial score (nSPS) is 14.6. The molecule has 1 N–H and O–H groups in total. The Morgan fingerprint density at radius 2 is 1.77 bits per heavy atom. The number of anilines is 1. The van der Waals surface area contributed by atoms with Crippen LogP contribution in [-0.2, 0) is 13.0 Å². The highest BCUT2D eigenvalue weighted by Gasteiger charge is 2.10. The fourth-order valence-corrected chi connectivity index (χ4v) is 3.51. The smallest absolute Gasteiger partial charge is 0.0645 e. The highest BCUT2D eigenvalue weighted by atomic mass is 15.3. The largest absolute Gasteiger partial charge is 0.381 e. The predicted octanol–water partition coefficient (Wildman–Crippen LogP) is 4.12. The highest BCUT2D eigenvalue weighted by Crippen LogP contribution is 2.15. The monoisotopic (exact) mass is 346 g/mol. The molecule has 0 atom stereocenters. The van der Waals surface area contributed by atoms with E-state index in [0.717, 1.165) is 18.7 Å². The molecular formula is C22H26N4. The molecule has 0 amide bonds. The van der Waals surface area contributed by atoms with E-state index in [0.29, 0.717) is 0 Å². The molecule has 4 heteroatoms. The van der Waals surface area contributed by atoms with Crippen molar-refractivity contribution >= 4 is 5.69 Å². The molecule has 26 heavy (non-hydrogen) atoms. The van der Waals surface area contributed by atoms with Gasteiger partial charge in [-0.25, -0.2) is 4.68 Å². The molecule has 0 radical (unpaired) electrons. The number of hydrogen-bond acceptors (Lipinski definition) is 3. The Hall–Kier alpha value is -2.59. The molecule has 1 saturated heterocycles. The van der Waals surface area contributed by atoms with Gasteiger partial charge in [0, 0.05) is 30.5 Å². The van der Waals surface area contributed by atoms with Gasteiger partial charge in [0.25, 0.3) is 0 Å². The van der Waals surface area contributed by atoms with Crippen molar-refractivity contribution in [2.75, 3.05) is 25.0 Å². The van der Waals surface area contributed by atoms with Crippen molar-refractivity contribution in [3.05, 3.63) is 78.1 Å². The second-order valence-electron chi connectivity index (χ2n) is 6.98. The van der Waals surface area contributed by atoms with Crippen molar-refractivity contribution in [3.63, 3.8) is 0 Å². The number of nitrogens with zero attached hydrogens (tertiary/aromatic N) is 3. The summed E-state index contributed by atoms with van der Waals surface area (Å²) >= 11 is 0. The molecule has 1 fully saturated rings. The van der Waals surface area contributed by atoms with Crippen molar-refractivity contribution < 1.29 is 0 Å². The Bertz CT molecular complexity index is 819. The maximum atomic E-state index is 4.46. The number of para-hydroxylation sites is 1. The van der Waals surface area contributed by atoms with E-state index in [4.69, 9.17) is 0 Å². The van der Waals surface area contributed by atoms with Gasteiger partial charge in [0.05, 0.1) is 11.9 Å². The van der Waals surface area contributed by atoms with Gasteiger partial charge in [-0.15, -0.1) is 0 Å². The first kappa shape index (κ1) is 16.9. The lowest BCUT2D eigenvalue weighted by Crippen LogP contribution is -2.21. The van der Waals surface area contributed by atoms with Gasteiger partial charge < -0.3 is 10.2 Å². The zero-order valence-corrected chi connectivity index (χ0v) is 15.1. The van der Waals surface area contributed by atoms with Crippen molar-refractivity contribution in [2.45, 2.75) is 25.8 Å². The van der Waals surface area contributed by atoms with Gasteiger partial charge in [0.1, 0.15) is 0 Å². The molecule has 0 unspecified atom stereocenters. The number of nitrogens with one attached hydrogen (secondary N) is 1. The Balaban J connectivity index is 1.33. The van der Waals surface area contributed by atoms with Crippen LogP contribution >= 0.6 is 0 Å². The number of rotatable bonds is 7. The lowest BCUT2D eigenvalue weighted by molar-refractivity contribution is 0.343. The predicted molar refractivity (Wildman–Crippen MR) is 107 cm³/mol. The van der Waals surface area contributed by atoms with Gasteiger partial charge in [0.2, 0.25) is 0 Å². The Morgan fingerprint density at radius 1 is 0.923 bits per heavy atom. The van der Waals surface area contributed by atoms with Crippen LogP contribution in [0.3, 0.4) is 0 Å². The standard InChI is InChI=1S/C22H26N4/c1-2-9-22(10-3-1)26-18-20(17-24-26)16-23-21-8-6-7-19(15-21)11-14-25-12-4-5-13-25/h1-3,6-10,15,17-18,23H,4-5,11-14,16H2. The van der Waals surface area contributed by atoms with E-state index in [1.807, 2.05) is 29.1 Å². The molecule has 1 aromatic heterocycles. The Morgan fingerprint density at radius 3 is 2.62 bits per heavy atom. The second kappa shape index (κ2) is 8.19. The number of hydrogen-bond donors (Lipinski definition) is 1. The molecule has 2 heterocycles.